The monoisotopic (exact) mass is 135 g/mol. The zero-order valence-corrected chi connectivity index (χ0v) is 5.16. The third-order valence-corrected chi connectivity index (χ3v) is 1.28. The summed E-state index contributed by atoms with van der Waals surface area (Å²) in [6.45, 7) is 3.57. The molecule has 0 aliphatic heterocycles. The Morgan fingerprint density at radius 1 is 1.70 bits per heavy atom. The fraction of sp³-hybridized carbons (Fsp3) is 0. The molecule has 2 heterocycles. The summed E-state index contributed by atoms with van der Waals surface area (Å²) in [5, 5.41) is 6.57. The van der Waals surface area contributed by atoms with Gasteiger partial charge < -0.3 is 4.42 Å². The predicted octanol–water partition coefficient (Wildman–Crippen LogP) is 1.19. The number of aromatic amines is 1. The minimum atomic E-state index is 0.593. The Hall–Kier alpha value is -1.58. The Bertz CT molecular complexity index is 360. The van der Waals surface area contributed by atoms with E-state index in [2.05, 4.69) is 21.8 Å². The van der Waals surface area contributed by atoms with Crippen LogP contribution in [0.2, 0.25) is 0 Å². The van der Waals surface area contributed by atoms with Crippen molar-refractivity contribution in [3.05, 3.63) is 18.7 Å². The molecule has 0 aliphatic rings. The van der Waals surface area contributed by atoms with Gasteiger partial charge in [-0.05, 0) is 6.08 Å². The van der Waals surface area contributed by atoms with Crippen molar-refractivity contribution >= 4 is 17.3 Å². The van der Waals surface area contributed by atoms with Crippen molar-refractivity contribution in [2.75, 3.05) is 0 Å². The van der Waals surface area contributed by atoms with Crippen LogP contribution >= 0.6 is 0 Å². The van der Waals surface area contributed by atoms with Crippen molar-refractivity contribution in [2.45, 2.75) is 0 Å². The summed E-state index contributed by atoms with van der Waals surface area (Å²) in [7, 11) is 0. The number of hydrogen-bond acceptors (Lipinski definition) is 3. The first-order chi connectivity index (χ1) is 4.92. The van der Waals surface area contributed by atoms with Gasteiger partial charge in [0.1, 0.15) is 5.69 Å². The maximum absolute atomic E-state index is 5.00. The van der Waals surface area contributed by atoms with Gasteiger partial charge in [-0.1, -0.05) is 6.58 Å². The Labute approximate surface area is 56.6 Å². The highest BCUT2D eigenvalue weighted by atomic mass is 16.3. The molecule has 2 aromatic rings. The second kappa shape index (κ2) is 1.70. The van der Waals surface area contributed by atoms with Gasteiger partial charge in [0.05, 0.1) is 0 Å². The fourth-order valence-electron chi connectivity index (χ4n) is 0.806. The molecule has 0 aliphatic carbocycles. The molecular formula is C6H5N3O. The maximum Gasteiger partial charge on any atom is 0.220 e. The zero-order chi connectivity index (χ0) is 6.97. The van der Waals surface area contributed by atoms with E-state index in [-0.39, 0.29) is 0 Å². The Morgan fingerprint density at radius 2 is 2.60 bits per heavy atom. The standard InChI is InChI=1S/C6H5N3O/c1-2-4-5-6(9-8-4)7-3-10-5/h2-3H,1H2,(H,8,9). The molecule has 0 radical (unpaired) electrons. The molecule has 0 bridgehead atoms. The lowest BCUT2D eigenvalue weighted by Gasteiger charge is -1.77. The van der Waals surface area contributed by atoms with Crippen LogP contribution in [-0.2, 0) is 0 Å². The number of H-pyrrole nitrogens is 1. The predicted molar refractivity (Wildman–Crippen MR) is 36.2 cm³/mol. The Morgan fingerprint density at radius 3 is 3.40 bits per heavy atom. The summed E-state index contributed by atoms with van der Waals surface area (Å²) in [6, 6.07) is 0. The summed E-state index contributed by atoms with van der Waals surface area (Å²) in [5.41, 5.74) is 2.03. The highest BCUT2D eigenvalue weighted by Crippen LogP contribution is 2.13. The van der Waals surface area contributed by atoms with Crippen LogP contribution in [0.5, 0.6) is 0 Å². The first-order valence-corrected chi connectivity index (χ1v) is 2.82. The van der Waals surface area contributed by atoms with Crippen LogP contribution in [0.15, 0.2) is 17.4 Å². The van der Waals surface area contributed by atoms with Gasteiger partial charge in [0.25, 0.3) is 0 Å². The molecular weight excluding hydrogens is 130 g/mol. The fourth-order valence-corrected chi connectivity index (χ4v) is 0.806. The first kappa shape index (κ1) is 5.22. The van der Waals surface area contributed by atoms with E-state index in [9.17, 15) is 0 Å². The third-order valence-electron chi connectivity index (χ3n) is 1.28. The maximum atomic E-state index is 5.00. The van der Waals surface area contributed by atoms with Crippen molar-refractivity contribution < 1.29 is 4.42 Å². The van der Waals surface area contributed by atoms with Crippen LogP contribution in [0.3, 0.4) is 0 Å². The Balaban J connectivity index is 2.88. The number of hydrogen-bond donors (Lipinski definition) is 1. The van der Waals surface area contributed by atoms with Gasteiger partial charge in [0, 0.05) is 0 Å². The summed E-state index contributed by atoms with van der Waals surface area (Å²) in [5.74, 6) is 0. The molecule has 0 spiro atoms. The molecule has 0 saturated carbocycles. The third kappa shape index (κ3) is 0.500. The number of nitrogens with one attached hydrogen (secondary N) is 1. The largest absolute Gasteiger partial charge is 0.439 e. The van der Waals surface area contributed by atoms with E-state index >= 15 is 0 Å². The molecule has 0 fully saturated rings. The lowest BCUT2D eigenvalue weighted by molar-refractivity contribution is 0.600. The number of rotatable bonds is 1. The van der Waals surface area contributed by atoms with Gasteiger partial charge in [-0.15, -0.1) is 0 Å². The Kier molecular flexibility index (Phi) is 0.887. The molecule has 1 N–H and O–H groups in total. The normalized spacial score (nSPS) is 10.4. The second-order valence-corrected chi connectivity index (χ2v) is 1.85. The molecule has 0 aromatic carbocycles. The molecule has 4 heteroatoms. The molecule has 2 rings (SSSR count). The molecule has 4 nitrogen and oxygen atoms in total. The smallest absolute Gasteiger partial charge is 0.220 e. The van der Waals surface area contributed by atoms with Crippen molar-refractivity contribution in [1.29, 1.82) is 0 Å². The highest BCUT2D eigenvalue weighted by molar-refractivity contribution is 5.77. The van der Waals surface area contributed by atoms with Gasteiger partial charge in [-0.3, -0.25) is 5.10 Å². The van der Waals surface area contributed by atoms with E-state index in [1.54, 1.807) is 6.08 Å². The SMILES string of the molecule is C=Cc1[nH]nc2ncoc12. The van der Waals surface area contributed by atoms with Crippen LogP contribution in [0.1, 0.15) is 5.69 Å². The van der Waals surface area contributed by atoms with Crippen molar-refractivity contribution in [2.24, 2.45) is 0 Å². The van der Waals surface area contributed by atoms with Gasteiger partial charge in [0.2, 0.25) is 5.65 Å². The number of oxazole rings is 1. The summed E-state index contributed by atoms with van der Waals surface area (Å²) >= 11 is 0. The molecule has 0 atom stereocenters. The van der Waals surface area contributed by atoms with Crippen LogP contribution < -0.4 is 0 Å². The van der Waals surface area contributed by atoms with Crippen molar-refractivity contribution in [3.63, 3.8) is 0 Å². The van der Waals surface area contributed by atoms with Crippen LogP contribution in [0.4, 0.5) is 0 Å². The van der Waals surface area contributed by atoms with Crippen LogP contribution in [0, 0.1) is 0 Å². The van der Waals surface area contributed by atoms with Gasteiger partial charge in [-0.2, -0.15) is 10.1 Å². The average Bonchev–Trinajstić information content (AvgIpc) is 2.44. The van der Waals surface area contributed by atoms with Crippen LogP contribution in [0.25, 0.3) is 17.3 Å². The van der Waals surface area contributed by atoms with E-state index in [0.29, 0.717) is 11.2 Å². The van der Waals surface area contributed by atoms with Crippen molar-refractivity contribution in [1.82, 2.24) is 15.2 Å². The number of fused-ring (bicyclic) bond motifs is 1. The molecule has 0 saturated heterocycles. The average molecular weight is 135 g/mol. The quantitative estimate of drug-likeness (QED) is 0.639. The van der Waals surface area contributed by atoms with E-state index in [1.807, 2.05) is 0 Å². The van der Waals surface area contributed by atoms with E-state index < -0.39 is 0 Å². The topological polar surface area (TPSA) is 54.7 Å². The molecule has 0 amide bonds. The summed E-state index contributed by atoms with van der Waals surface area (Å²) in [4.78, 5) is 3.83. The molecule has 10 heavy (non-hydrogen) atoms. The van der Waals surface area contributed by atoms with Gasteiger partial charge in [0.15, 0.2) is 12.0 Å². The van der Waals surface area contributed by atoms with Gasteiger partial charge >= 0.3 is 0 Å². The van der Waals surface area contributed by atoms with Crippen LogP contribution in [-0.4, -0.2) is 15.2 Å². The van der Waals surface area contributed by atoms with E-state index in [0.717, 1.165) is 5.69 Å². The summed E-state index contributed by atoms with van der Waals surface area (Å²) < 4.78 is 5.00. The lowest BCUT2D eigenvalue weighted by atomic mass is 10.4. The molecule has 2 aromatic heterocycles. The molecule has 50 valence electrons. The first-order valence-electron chi connectivity index (χ1n) is 2.82. The number of nitrogens with zero attached hydrogens (tertiary/aromatic N) is 2. The van der Waals surface area contributed by atoms with Gasteiger partial charge in [-0.25, -0.2) is 0 Å². The van der Waals surface area contributed by atoms with E-state index in [1.165, 1.54) is 6.39 Å². The summed E-state index contributed by atoms with van der Waals surface area (Å²) in [6.07, 6.45) is 3.00. The minimum absolute atomic E-state index is 0.593. The second-order valence-electron chi connectivity index (χ2n) is 1.85. The number of aromatic nitrogens is 3. The lowest BCUT2D eigenvalue weighted by Crippen LogP contribution is -1.69. The minimum Gasteiger partial charge on any atom is -0.439 e. The van der Waals surface area contributed by atoms with Crippen molar-refractivity contribution in [3.8, 4) is 0 Å². The van der Waals surface area contributed by atoms with E-state index in [4.69, 9.17) is 4.42 Å². The highest BCUT2D eigenvalue weighted by Gasteiger charge is 2.04. The zero-order valence-electron chi connectivity index (χ0n) is 5.16. The molecule has 0 unspecified atom stereocenters.